The van der Waals surface area contributed by atoms with Crippen LogP contribution >= 0.6 is 0 Å². The van der Waals surface area contributed by atoms with Crippen molar-refractivity contribution in [2.45, 2.75) is 32.6 Å². The molecule has 0 radical (unpaired) electrons. The van der Waals surface area contributed by atoms with E-state index in [0.29, 0.717) is 6.61 Å². The lowest BCUT2D eigenvalue weighted by Gasteiger charge is -2.10. The van der Waals surface area contributed by atoms with Crippen LogP contribution < -0.4 is 10.5 Å². The molecule has 3 heteroatoms. The highest BCUT2D eigenvalue weighted by Gasteiger charge is 2.01. The summed E-state index contributed by atoms with van der Waals surface area (Å²) in [6.07, 6.45) is 4.04. The van der Waals surface area contributed by atoms with E-state index in [1.54, 1.807) is 0 Å². The lowest BCUT2D eigenvalue weighted by Crippen LogP contribution is -2.01. The van der Waals surface area contributed by atoms with Gasteiger partial charge in [-0.25, -0.2) is 0 Å². The zero-order chi connectivity index (χ0) is 11.8. The molecule has 0 saturated carbocycles. The Kier molecular flexibility index (Phi) is 5.72. The predicted molar refractivity (Wildman–Crippen MR) is 66.6 cm³/mol. The van der Waals surface area contributed by atoms with E-state index < -0.39 is 0 Å². The Morgan fingerprint density at radius 1 is 1.19 bits per heavy atom. The predicted octanol–water partition coefficient (Wildman–Crippen LogP) is 2.51. The number of anilines is 1. The molecule has 0 atom stereocenters. The molecule has 1 aromatic carbocycles. The Morgan fingerprint density at radius 2 is 1.94 bits per heavy atom. The molecule has 0 amide bonds. The maximum absolute atomic E-state index is 8.62. The van der Waals surface area contributed by atoms with Crippen LogP contribution in [0.25, 0.3) is 0 Å². The number of rotatable bonds is 7. The van der Waals surface area contributed by atoms with Gasteiger partial charge in [-0.05, 0) is 37.8 Å². The number of aliphatic hydroxyl groups excluding tert-OH is 1. The Bertz CT molecular complexity index is 313. The van der Waals surface area contributed by atoms with E-state index >= 15 is 0 Å². The molecule has 0 bridgehead atoms. The standard InChI is InChI=1S/C13H21NO2/c1-11-7-6-8-12(13(11)14)16-10-5-3-2-4-9-15/h6-8,15H,2-5,9-10,14H2,1H3. The van der Waals surface area contributed by atoms with Gasteiger partial charge in [0.05, 0.1) is 12.3 Å². The average molecular weight is 223 g/mol. The Balaban J connectivity index is 2.24. The monoisotopic (exact) mass is 223 g/mol. The quantitative estimate of drug-likeness (QED) is 0.551. The minimum Gasteiger partial charge on any atom is -0.491 e. The number of hydrogen-bond acceptors (Lipinski definition) is 3. The summed E-state index contributed by atoms with van der Waals surface area (Å²) < 4.78 is 5.61. The SMILES string of the molecule is Cc1cccc(OCCCCCCO)c1N. The summed E-state index contributed by atoms with van der Waals surface area (Å²) in [5.41, 5.74) is 7.67. The van der Waals surface area contributed by atoms with Crippen molar-refractivity contribution >= 4 is 5.69 Å². The van der Waals surface area contributed by atoms with Gasteiger partial charge in [-0.2, -0.15) is 0 Å². The first-order valence-corrected chi connectivity index (χ1v) is 5.84. The second kappa shape index (κ2) is 7.12. The normalized spacial score (nSPS) is 10.4. The molecular formula is C13H21NO2. The average Bonchev–Trinajstić information content (AvgIpc) is 2.29. The van der Waals surface area contributed by atoms with Crippen LogP contribution in [0.3, 0.4) is 0 Å². The van der Waals surface area contributed by atoms with E-state index in [1.807, 2.05) is 25.1 Å². The number of aryl methyl sites for hydroxylation is 1. The second-order valence-corrected chi connectivity index (χ2v) is 3.97. The van der Waals surface area contributed by atoms with Crippen LogP contribution in [0.4, 0.5) is 5.69 Å². The van der Waals surface area contributed by atoms with Gasteiger partial charge in [0.1, 0.15) is 5.75 Å². The zero-order valence-electron chi connectivity index (χ0n) is 9.91. The van der Waals surface area contributed by atoms with Gasteiger partial charge in [-0.1, -0.05) is 18.6 Å². The summed E-state index contributed by atoms with van der Waals surface area (Å²) in [6.45, 7) is 2.95. The van der Waals surface area contributed by atoms with Gasteiger partial charge >= 0.3 is 0 Å². The second-order valence-electron chi connectivity index (χ2n) is 3.97. The summed E-state index contributed by atoms with van der Waals surface area (Å²) in [7, 11) is 0. The van der Waals surface area contributed by atoms with Crippen LogP contribution in [0.5, 0.6) is 5.75 Å². The number of unbranched alkanes of at least 4 members (excludes halogenated alkanes) is 3. The largest absolute Gasteiger partial charge is 0.491 e. The highest BCUT2D eigenvalue weighted by Crippen LogP contribution is 2.24. The molecule has 0 aromatic heterocycles. The van der Waals surface area contributed by atoms with Crippen molar-refractivity contribution < 1.29 is 9.84 Å². The van der Waals surface area contributed by atoms with Gasteiger partial charge in [-0.15, -0.1) is 0 Å². The smallest absolute Gasteiger partial charge is 0.142 e. The van der Waals surface area contributed by atoms with Crippen LogP contribution in [-0.4, -0.2) is 18.3 Å². The van der Waals surface area contributed by atoms with Gasteiger partial charge in [0, 0.05) is 6.61 Å². The summed E-state index contributed by atoms with van der Waals surface area (Å²) >= 11 is 0. The first-order valence-electron chi connectivity index (χ1n) is 5.84. The molecule has 0 aliphatic rings. The van der Waals surface area contributed by atoms with Crippen LogP contribution in [0.15, 0.2) is 18.2 Å². The van der Waals surface area contributed by atoms with Gasteiger partial charge in [0.2, 0.25) is 0 Å². The van der Waals surface area contributed by atoms with Crippen LogP contribution in [0, 0.1) is 6.92 Å². The first kappa shape index (κ1) is 12.8. The van der Waals surface area contributed by atoms with Crippen molar-refractivity contribution in [3.63, 3.8) is 0 Å². The third-order valence-electron chi connectivity index (χ3n) is 2.59. The number of benzene rings is 1. The molecular weight excluding hydrogens is 202 g/mol. The molecule has 0 heterocycles. The van der Waals surface area contributed by atoms with Gasteiger partial charge in [-0.3, -0.25) is 0 Å². The Morgan fingerprint density at radius 3 is 2.69 bits per heavy atom. The Hall–Kier alpha value is -1.22. The molecule has 0 aliphatic carbocycles. The molecule has 1 aromatic rings. The molecule has 3 N–H and O–H groups in total. The summed E-state index contributed by atoms with van der Waals surface area (Å²) in [5.74, 6) is 0.780. The molecule has 1 rings (SSSR count). The molecule has 0 unspecified atom stereocenters. The van der Waals surface area contributed by atoms with Crippen molar-refractivity contribution in [1.82, 2.24) is 0 Å². The fourth-order valence-corrected chi connectivity index (χ4v) is 1.53. The molecule has 16 heavy (non-hydrogen) atoms. The summed E-state index contributed by atoms with van der Waals surface area (Å²) in [6, 6.07) is 5.83. The first-order chi connectivity index (χ1) is 7.75. The third kappa shape index (κ3) is 4.11. The van der Waals surface area contributed by atoms with E-state index in [4.69, 9.17) is 15.6 Å². The lowest BCUT2D eigenvalue weighted by atomic mass is 10.2. The fraction of sp³-hybridized carbons (Fsp3) is 0.538. The van der Waals surface area contributed by atoms with Gasteiger partial charge < -0.3 is 15.6 Å². The number of nitrogen functional groups attached to an aromatic ring is 1. The minimum absolute atomic E-state index is 0.283. The number of aliphatic hydroxyl groups is 1. The van der Waals surface area contributed by atoms with Crippen molar-refractivity contribution in [3.05, 3.63) is 23.8 Å². The summed E-state index contributed by atoms with van der Waals surface area (Å²) in [4.78, 5) is 0. The van der Waals surface area contributed by atoms with Crippen molar-refractivity contribution in [2.75, 3.05) is 18.9 Å². The van der Waals surface area contributed by atoms with Gasteiger partial charge in [0.25, 0.3) is 0 Å². The van der Waals surface area contributed by atoms with E-state index in [0.717, 1.165) is 42.7 Å². The van der Waals surface area contributed by atoms with Crippen LogP contribution in [0.1, 0.15) is 31.2 Å². The maximum Gasteiger partial charge on any atom is 0.142 e. The number of nitrogens with two attached hydrogens (primary N) is 1. The van der Waals surface area contributed by atoms with E-state index in [1.165, 1.54) is 0 Å². The number of para-hydroxylation sites is 1. The Labute approximate surface area is 97.2 Å². The van der Waals surface area contributed by atoms with Crippen molar-refractivity contribution in [3.8, 4) is 5.75 Å². The van der Waals surface area contributed by atoms with Crippen molar-refractivity contribution in [2.24, 2.45) is 0 Å². The topological polar surface area (TPSA) is 55.5 Å². The molecule has 0 aliphatic heterocycles. The lowest BCUT2D eigenvalue weighted by molar-refractivity contribution is 0.274. The molecule has 0 fully saturated rings. The van der Waals surface area contributed by atoms with Crippen molar-refractivity contribution in [1.29, 1.82) is 0 Å². The van der Waals surface area contributed by atoms with E-state index in [9.17, 15) is 0 Å². The number of ether oxygens (including phenoxy) is 1. The van der Waals surface area contributed by atoms with E-state index in [-0.39, 0.29) is 6.61 Å². The highest BCUT2D eigenvalue weighted by molar-refractivity contribution is 5.57. The number of hydrogen-bond donors (Lipinski definition) is 2. The fourth-order valence-electron chi connectivity index (χ4n) is 1.53. The van der Waals surface area contributed by atoms with Crippen LogP contribution in [0.2, 0.25) is 0 Å². The third-order valence-corrected chi connectivity index (χ3v) is 2.59. The summed E-state index contributed by atoms with van der Waals surface area (Å²) in [5, 5.41) is 8.62. The molecule has 0 saturated heterocycles. The highest BCUT2D eigenvalue weighted by atomic mass is 16.5. The molecule has 0 spiro atoms. The minimum atomic E-state index is 0.283. The molecule has 3 nitrogen and oxygen atoms in total. The van der Waals surface area contributed by atoms with Crippen LogP contribution in [-0.2, 0) is 0 Å². The zero-order valence-corrected chi connectivity index (χ0v) is 9.91. The van der Waals surface area contributed by atoms with E-state index in [2.05, 4.69) is 0 Å². The molecule has 90 valence electrons. The van der Waals surface area contributed by atoms with Gasteiger partial charge in [0.15, 0.2) is 0 Å². The maximum atomic E-state index is 8.62.